The lowest BCUT2D eigenvalue weighted by atomic mass is 10.1. The molecule has 0 saturated heterocycles. The van der Waals surface area contributed by atoms with Crippen molar-refractivity contribution in [2.24, 2.45) is 5.84 Å². The van der Waals surface area contributed by atoms with Gasteiger partial charge in [-0.1, -0.05) is 0 Å². The Balaban J connectivity index is 2.44. The van der Waals surface area contributed by atoms with Gasteiger partial charge in [-0.05, 0) is 13.0 Å². The van der Waals surface area contributed by atoms with Crippen molar-refractivity contribution in [2.45, 2.75) is 19.5 Å². The number of imidazole rings is 1. The molecule has 0 fully saturated rings. The minimum absolute atomic E-state index is 0.402. The minimum Gasteiger partial charge on any atom is -0.334 e. The number of nitrogens with two attached hydrogens (primary N) is 1. The van der Waals surface area contributed by atoms with Crippen molar-refractivity contribution in [3.63, 3.8) is 0 Å². The second-order valence-electron chi connectivity index (χ2n) is 3.57. The van der Waals surface area contributed by atoms with Gasteiger partial charge in [0, 0.05) is 30.7 Å². The van der Waals surface area contributed by atoms with Crippen LogP contribution in [0.3, 0.4) is 0 Å². The van der Waals surface area contributed by atoms with E-state index >= 15 is 0 Å². The second-order valence-corrected chi connectivity index (χ2v) is 3.57. The molecule has 2 aromatic heterocycles. The Hall–Kier alpha value is -1.79. The highest BCUT2D eigenvalue weighted by Crippen LogP contribution is 2.21. The average molecular weight is 235 g/mol. The van der Waals surface area contributed by atoms with Gasteiger partial charge in [-0.2, -0.15) is 0 Å². The first-order valence-electron chi connectivity index (χ1n) is 5.34. The van der Waals surface area contributed by atoms with Crippen LogP contribution < -0.4 is 11.3 Å². The molecule has 6 heteroatoms. The van der Waals surface area contributed by atoms with E-state index < -0.39 is 11.9 Å². The molecule has 0 bridgehead atoms. The van der Waals surface area contributed by atoms with Gasteiger partial charge in [0.1, 0.15) is 17.7 Å². The normalized spacial score (nSPS) is 12.6. The molecule has 2 aromatic rings. The van der Waals surface area contributed by atoms with E-state index in [1.807, 2.05) is 17.7 Å². The van der Waals surface area contributed by atoms with E-state index in [2.05, 4.69) is 15.4 Å². The Kier molecular flexibility index (Phi) is 3.46. The summed E-state index contributed by atoms with van der Waals surface area (Å²) < 4.78 is 15.6. The molecule has 1 unspecified atom stereocenters. The molecule has 2 rings (SSSR count). The van der Waals surface area contributed by atoms with Crippen LogP contribution in [-0.4, -0.2) is 14.5 Å². The van der Waals surface area contributed by atoms with Crippen LogP contribution in [0, 0.1) is 5.82 Å². The van der Waals surface area contributed by atoms with Gasteiger partial charge in [-0.3, -0.25) is 10.8 Å². The Morgan fingerprint density at radius 3 is 3.00 bits per heavy atom. The van der Waals surface area contributed by atoms with E-state index in [4.69, 9.17) is 5.84 Å². The van der Waals surface area contributed by atoms with Gasteiger partial charge in [0.05, 0.1) is 6.20 Å². The monoisotopic (exact) mass is 235 g/mol. The van der Waals surface area contributed by atoms with Crippen LogP contribution in [0.1, 0.15) is 24.4 Å². The van der Waals surface area contributed by atoms with Gasteiger partial charge < -0.3 is 4.57 Å². The summed E-state index contributed by atoms with van der Waals surface area (Å²) in [6, 6.07) is 1.11. The summed E-state index contributed by atoms with van der Waals surface area (Å²) in [6.07, 6.45) is 6.20. The molecule has 0 saturated carbocycles. The van der Waals surface area contributed by atoms with Crippen molar-refractivity contribution in [1.29, 1.82) is 0 Å². The summed E-state index contributed by atoms with van der Waals surface area (Å²) in [7, 11) is 0. The molecule has 3 N–H and O–H groups in total. The maximum absolute atomic E-state index is 13.7. The van der Waals surface area contributed by atoms with Crippen molar-refractivity contribution in [1.82, 2.24) is 20.0 Å². The molecule has 0 aliphatic heterocycles. The molecule has 0 aromatic carbocycles. The van der Waals surface area contributed by atoms with Crippen molar-refractivity contribution in [3.05, 3.63) is 48.1 Å². The van der Waals surface area contributed by atoms with Crippen LogP contribution >= 0.6 is 0 Å². The highest BCUT2D eigenvalue weighted by molar-refractivity contribution is 5.24. The molecule has 90 valence electrons. The SMILES string of the molecule is CCn1ccnc1C(NN)c1ccncc1F. The van der Waals surface area contributed by atoms with Crippen LogP contribution in [0.25, 0.3) is 0 Å². The zero-order valence-corrected chi connectivity index (χ0v) is 9.47. The quantitative estimate of drug-likeness (QED) is 0.612. The number of nitrogens with zero attached hydrogens (tertiary/aromatic N) is 3. The zero-order chi connectivity index (χ0) is 12.3. The van der Waals surface area contributed by atoms with Gasteiger partial charge >= 0.3 is 0 Å². The molecule has 0 spiro atoms. The molecule has 5 nitrogen and oxygen atoms in total. The van der Waals surface area contributed by atoms with Crippen molar-refractivity contribution in [2.75, 3.05) is 0 Å². The molecule has 0 aliphatic rings. The van der Waals surface area contributed by atoms with Crippen LogP contribution in [0.2, 0.25) is 0 Å². The zero-order valence-electron chi connectivity index (χ0n) is 9.47. The average Bonchev–Trinajstić information content (AvgIpc) is 2.81. The van der Waals surface area contributed by atoms with E-state index in [1.165, 1.54) is 12.4 Å². The summed E-state index contributed by atoms with van der Waals surface area (Å²) in [5.74, 6) is 5.78. The fourth-order valence-electron chi connectivity index (χ4n) is 1.77. The number of hydrazine groups is 1. The maximum atomic E-state index is 13.7. The van der Waals surface area contributed by atoms with Gasteiger partial charge in [-0.15, -0.1) is 0 Å². The van der Waals surface area contributed by atoms with E-state index in [0.29, 0.717) is 11.4 Å². The summed E-state index contributed by atoms with van der Waals surface area (Å²) in [5, 5.41) is 0. The van der Waals surface area contributed by atoms with Crippen LogP contribution in [0.4, 0.5) is 4.39 Å². The van der Waals surface area contributed by atoms with Crippen molar-refractivity contribution in [3.8, 4) is 0 Å². The van der Waals surface area contributed by atoms with E-state index in [9.17, 15) is 4.39 Å². The topological polar surface area (TPSA) is 68.8 Å². The number of nitrogens with one attached hydrogen (secondary N) is 1. The molecule has 0 aliphatic carbocycles. The Labute approximate surface area is 98.5 Å². The number of aromatic nitrogens is 3. The maximum Gasteiger partial charge on any atom is 0.146 e. The Morgan fingerprint density at radius 2 is 2.35 bits per heavy atom. The van der Waals surface area contributed by atoms with Crippen molar-refractivity contribution < 1.29 is 4.39 Å². The molecule has 0 radical (unpaired) electrons. The molecular formula is C11H14FN5. The van der Waals surface area contributed by atoms with E-state index in [1.54, 1.807) is 12.3 Å². The molecular weight excluding hydrogens is 221 g/mol. The minimum atomic E-state index is -0.479. The largest absolute Gasteiger partial charge is 0.334 e. The number of rotatable bonds is 4. The first-order valence-corrected chi connectivity index (χ1v) is 5.34. The third-order valence-electron chi connectivity index (χ3n) is 2.63. The Bertz CT molecular complexity index is 496. The predicted octanol–water partition coefficient (Wildman–Crippen LogP) is 0.990. The van der Waals surface area contributed by atoms with Crippen LogP contribution in [0.15, 0.2) is 30.9 Å². The lowest BCUT2D eigenvalue weighted by Crippen LogP contribution is -2.31. The highest BCUT2D eigenvalue weighted by Gasteiger charge is 2.20. The fourth-order valence-corrected chi connectivity index (χ4v) is 1.77. The summed E-state index contributed by atoms with van der Waals surface area (Å²) in [5.41, 5.74) is 3.02. The van der Waals surface area contributed by atoms with Gasteiger partial charge in [0.15, 0.2) is 0 Å². The third-order valence-corrected chi connectivity index (χ3v) is 2.63. The number of aryl methyl sites for hydroxylation is 1. The van der Waals surface area contributed by atoms with Gasteiger partial charge in [-0.25, -0.2) is 14.8 Å². The standard InChI is InChI=1S/C11H14FN5/c1-2-17-6-5-15-11(17)10(16-13)8-3-4-14-7-9(8)12/h3-7,10,16H,2,13H2,1H3. The summed E-state index contributed by atoms with van der Waals surface area (Å²) in [4.78, 5) is 7.92. The van der Waals surface area contributed by atoms with Crippen molar-refractivity contribution >= 4 is 0 Å². The first kappa shape index (κ1) is 11.7. The van der Waals surface area contributed by atoms with Crippen LogP contribution in [0.5, 0.6) is 0 Å². The Morgan fingerprint density at radius 1 is 1.53 bits per heavy atom. The number of pyridine rings is 1. The van der Waals surface area contributed by atoms with Crippen LogP contribution in [-0.2, 0) is 6.54 Å². The third kappa shape index (κ3) is 2.17. The van der Waals surface area contributed by atoms with Gasteiger partial charge in [0.25, 0.3) is 0 Å². The lowest BCUT2D eigenvalue weighted by molar-refractivity contribution is 0.521. The highest BCUT2D eigenvalue weighted by atomic mass is 19.1. The van der Waals surface area contributed by atoms with E-state index in [-0.39, 0.29) is 0 Å². The lowest BCUT2D eigenvalue weighted by Gasteiger charge is -2.17. The second kappa shape index (κ2) is 5.03. The first-order chi connectivity index (χ1) is 8.27. The predicted molar refractivity (Wildman–Crippen MR) is 61.3 cm³/mol. The number of halogens is 1. The molecule has 2 heterocycles. The molecule has 0 amide bonds. The number of hydrogen-bond acceptors (Lipinski definition) is 4. The fraction of sp³-hybridized carbons (Fsp3) is 0.273. The summed E-state index contributed by atoms with van der Waals surface area (Å²) >= 11 is 0. The molecule has 1 atom stereocenters. The number of hydrogen-bond donors (Lipinski definition) is 2. The van der Waals surface area contributed by atoms with E-state index in [0.717, 1.165) is 6.54 Å². The van der Waals surface area contributed by atoms with Gasteiger partial charge in [0.2, 0.25) is 0 Å². The smallest absolute Gasteiger partial charge is 0.146 e. The molecule has 17 heavy (non-hydrogen) atoms. The summed E-state index contributed by atoms with van der Waals surface area (Å²) in [6.45, 7) is 2.74.